The molecule has 3 aromatic heterocycles. The van der Waals surface area contributed by atoms with Gasteiger partial charge in [0.05, 0.1) is 11.3 Å². The summed E-state index contributed by atoms with van der Waals surface area (Å²) >= 11 is 0. The molecule has 0 atom stereocenters. The van der Waals surface area contributed by atoms with Crippen molar-refractivity contribution >= 4 is 11.7 Å². The predicted molar refractivity (Wildman–Crippen MR) is 124 cm³/mol. The summed E-state index contributed by atoms with van der Waals surface area (Å²) in [5.74, 6) is 0.648. The van der Waals surface area contributed by atoms with E-state index in [1.807, 2.05) is 20.8 Å². The molecule has 0 aromatic carbocycles. The third-order valence-electron chi connectivity index (χ3n) is 5.70. The zero-order valence-electron chi connectivity index (χ0n) is 19.8. The highest BCUT2D eigenvalue weighted by molar-refractivity contribution is 5.95. The Morgan fingerprint density at radius 3 is 2.62 bits per heavy atom. The molecule has 0 bridgehead atoms. The van der Waals surface area contributed by atoms with Crippen molar-refractivity contribution in [2.24, 2.45) is 0 Å². The number of ether oxygens (including phenoxy) is 1. The minimum atomic E-state index is -0.346. The number of aromatic nitrogens is 4. The van der Waals surface area contributed by atoms with E-state index in [2.05, 4.69) is 20.6 Å². The number of nitrogens with one attached hydrogen (secondary N) is 3. The molecule has 10 nitrogen and oxygen atoms in total. The summed E-state index contributed by atoms with van der Waals surface area (Å²) in [5.41, 5.74) is 1.83. The molecular weight excluding hydrogens is 434 g/mol. The standard InChI is InChI=1S/C24H29N7O3/c1-14-10-19(30-34-14)21(26)31-20(25)11-18(24(2,3)4)23(29-31)33-13-17-9-8-15(12-27-17)22(32)28-16-6-5-7-16/h8-12,16,25-26H,5-7,13H2,1-4H3,(H,28,32). The van der Waals surface area contributed by atoms with Crippen LogP contribution in [-0.2, 0) is 12.0 Å². The molecule has 1 aliphatic rings. The monoisotopic (exact) mass is 463 g/mol. The van der Waals surface area contributed by atoms with Crippen molar-refractivity contribution < 1.29 is 14.1 Å². The largest absolute Gasteiger partial charge is 0.470 e. The number of carbonyl (C=O) groups excluding carboxylic acids is 1. The van der Waals surface area contributed by atoms with Gasteiger partial charge in [0, 0.05) is 23.9 Å². The Bertz CT molecular complexity index is 1260. The Morgan fingerprint density at radius 1 is 1.29 bits per heavy atom. The third-order valence-corrected chi connectivity index (χ3v) is 5.70. The summed E-state index contributed by atoms with van der Waals surface area (Å²) in [6.07, 6.45) is 4.75. The summed E-state index contributed by atoms with van der Waals surface area (Å²) in [4.78, 5) is 16.7. The molecule has 1 fully saturated rings. The maximum Gasteiger partial charge on any atom is 0.253 e. The van der Waals surface area contributed by atoms with Gasteiger partial charge in [-0.25, -0.2) is 0 Å². The van der Waals surface area contributed by atoms with Gasteiger partial charge in [-0.1, -0.05) is 25.9 Å². The number of rotatable bonds is 6. The molecule has 34 heavy (non-hydrogen) atoms. The van der Waals surface area contributed by atoms with Crippen molar-refractivity contribution in [1.29, 1.82) is 10.8 Å². The topological polar surface area (TPSA) is 143 Å². The van der Waals surface area contributed by atoms with Crippen LogP contribution in [0.1, 0.15) is 73.1 Å². The van der Waals surface area contributed by atoms with Gasteiger partial charge in [-0.15, -0.1) is 5.10 Å². The molecule has 1 aliphatic carbocycles. The Kier molecular flexibility index (Phi) is 6.32. The molecule has 3 N–H and O–H groups in total. The van der Waals surface area contributed by atoms with Crippen LogP contribution in [0, 0.1) is 17.7 Å². The first-order chi connectivity index (χ1) is 16.1. The Hall–Kier alpha value is -3.82. The van der Waals surface area contributed by atoms with Gasteiger partial charge in [0.2, 0.25) is 5.88 Å². The number of carbonyl (C=O) groups is 1. The maximum atomic E-state index is 12.3. The molecule has 1 amide bonds. The summed E-state index contributed by atoms with van der Waals surface area (Å²) in [5, 5.41) is 28.1. The average Bonchev–Trinajstić information content (AvgIpc) is 3.20. The van der Waals surface area contributed by atoms with Gasteiger partial charge in [0.15, 0.2) is 11.5 Å². The minimum Gasteiger partial charge on any atom is -0.470 e. The van der Waals surface area contributed by atoms with Gasteiger partial charge in [-0.05, 0) is 49.8 Å². The number of amides is 1. The first-order valence-electron chi connectivity index (χ1n) is 11.2. The minimum absolute atomic E-state index is 0.0304. The van der Waals surface area contributed by atoms with Crippen LogP contribution in [0.4, 0.5) is 0 Å². The molecule has 178 valence electrons. The van der Waals surface area contributed by atoms with E-state index in [-0.39, 0.29) is 41.0 Å². The Morgan fingerprint density at radius 2 is 2.06 bits per heavy atom. The Balaban J connectivity index is 1.54. The number of nitrogens with zero attached hydrogens (tertiary/aromatic N) is 4. The first-order valence-corrected chi connectivity index (χ1v) is 11.2. The van der Waals surface area contributed by atoms with E-state index in [0.717, 1.165) is 29.5 Å². The molecule has 1 saturated carbocycles. The van der Waals surface area contributed by atoms with Crippen LogP contribution >= 0.6 is 0 Å². The van der Waals surface area contributed by atoms with Crippen molar-refractivity contribution in [1.82, 2.24) is 25.2 Å². The lowest BCUT2D eigenvalue weighted by atomic mass is 9.88. The van der Waals surface area contributed by atoms with E-state index in [4.69, 9.17) is 20.1 Å². The van der Waals surface area contributed by atoms with Crippen molar-refractivity contribution in [2.45, 2.75) is 65.0 Å². The second-order valence-corrected chi connectivity index (χ2v) is 9.51. The molecule has 0 saturated heterocycles. The zero-order valence-corrected chi connectivity index (χ0v) is 19.8. The smallest absolute Gasteiger partial charge is 0.253 e. The van der Waals surface area contributed by atoms with E-state index < -0.39 is 0 Å². The number of aryl methyl sites for hydroxylation is 1. The van der Waals surface area contributed by atoms with E-state index in [1.165, 1.54) is 0 Å². The third kappa shape index (κ3) is 5.05. The van der Waals surface area contributed by atoms with Crippen molar-refractivity contribution in [3.63, 3.8) is 0 Å². The van der Waals surface area contributed by atoms with E-state index in [1.54, 1.807) is 37.4 Å². The fraction of sp³-hybridized carbons (Fsp3) is 0.417. The molecule has 3 heterocycles. The number of hydrogen-bond donors (Lipinski definition) is 3. The van der Waals surface area contributed by atoms with Crippen LogP contribution in [-0.4, -0.2) is 37.7 Å². The summed E-state index contributed by atoms with van der Waals surface area (Å²) in [6.45, 7) is 7.85. The lowest BCUT2D eigenvalue weighted by Crippen LogP contribution is -2.39. The van der Waals surface area contributed by atoms with E-state index in [0.29, 0.717) is 22.9 Å². The van der Waals surface area contributed by atoms with Gasteiger partial charge in [-0.3, -0.25) is 20.6 Å². The molecule has 4 rings (SSSR count). The zero-order chi connectivity index (χ0) is 24.5. The van der Waals surface area contributed by atoms with Crippen LogP contribution in [0.3, 0.4) is 0 Å². The number of hydrogen-bond acceptors (Lipinski definition) is 8. The normalized spacial score (nSPS) is 13.9. The highest BCUT2D eigenvalue weighted by Crippen LogP contribution is 2.28. The van der Waals surface area contributed by atoms with Gasteiger partial charge in [0.1, 0.15) is 17.9 Å². The van der Waals surface area contributed by atoms with Gasteiger partial charge in [-0.2, -0.15) is 4.68 Å². The van der Waals surface area contributed by atoms with Gasteiger partial charge < -0.3 is 14.6 Å². The quantitative estimate of drug-likeness (QED) is 0.379. The van der Waals surface area contributed by atoms with Crippen molar-refractivity contribution in [3.05, 3.63) is 64.2 Å². The van der Waals surface area contributed by atoms with Gasteiger partial charge in [0.25, 0.3) is 5.91 Å². The second-order valence-electron chi connectivity index (χ2n) is 9.51. The van der Waals surface area contributed by atoms with Crippen LogP contribution in [0.2, 0.25) is 0 Å². The predicted octanol–water partition coefficient (Wildman–Crippen LogP) is 3.09. The fourth-order valence-corrected chi connectivity index (χ4v) is 3.47. The first kappa shape index (κ1) is 23.3. The van der Waals surface area contributed by atoms with E-state index >= 15 is 0 Å². The van der Waals surface area contributed by atoms with Gasteiger partial charge >= 0.3 is 0 Å². The summed E-state index contributed by atoms with van der Waals surface area (Å²) in [7, 11) is 0. The van der Waals surface area contributed by atoms with Crippen LogP contribution in [0.25, 0.3) is 0 Å². The lowest BCUT2D eigenvalue weighted by Gasteiger charge is -2.26. The van der Waals surface area contributed by atoms with Crippen LogP contribution < -0.4 is 15.5 Å². The fourth-order valence-electron chi connectivity index (χ4n) is 3.47. The van der Waals surface area contributed by atoms with Crippen LogP contribution in [0.15, 0.2) is 35.0 Å². The van der Waals surface area contributed by atoms with Crippen LogP contribution in [0.5, 0.6) is 5.88 Å². The molecule has 0 unspecified atom stereocenters. The maximum absolute atomic E-state index is 12.3. The van der Waals surface area contributed by atoms with E-state index in [9.17, 15) is 4.79 Å². The molecule has 10 heteroatoms. The summed E-state index contributed by atoms with van der Waals surface area (Å²) in [6, 6.07) is 7.00. The SMILES string of the molecule is Cc1cc(C(=N)n2nc(OCc3ccc(C(=O)NC4CCC4)cn3)c(C(C)(C)C)cc2=N)no1. The highest BCUT2D eigenvalue weighted by atomic mass is 16.5. The lowest BCUT2D eigenvalue weighted by molar-refractivity contribution is 0.0916. The average molecular weight is 464 g/mol. The molecular formula is C24H29N7O3. The second kappa shape index (κ2) is 9.20. The summed E-state index contributed by atoms with van der Waals surface area (Å²) < 4.78 is 12.2. The Labute approximate surface area is 197 Å². The highest BCUT2D eigenvalue weighted by Gasteiger charge is 2.24. The molecule has 0 aliphatic heterocycles. The van der Waals surface area contributed by atoms with Crippen molar-refractivity contribution in [3.8, 4) is 5.88 Å². The molecule has 0 spiro atoms. The molecule has 3 aromatic rings. The molecule has 0 radical (unpaired) electrons. The van der Waals surface area contributed by atoms with Crippen molar-refractivity contribution in [2.75, 3.05) is 0 Å². The number of pyridine rings is 1.